The molecular formula is C17H22N4O3. The van der Waals surface area contributed by atoms with E-state index in [0.717, 1.165) is 34.8 Å². The van der Waals surface area contributed by atoms with Crippen LogP contribution in [0.5, 0.6) is 0 Å². The molecule has 2 aliphatic rings. The number of aromatic nitrogens is 2. The van der Waals surface area contributed by atoms with E-state index < -0.39 is 17.8 Å². The van der Waals surface area contributed by atoms with E-state index in [1.807, 2.05) is 6.07 Å². The molecule has 0 bridgehead atoms. The minimum atomic E-state index is -0.722. The fourth-order valence-electron chi connectivity index (χ4n) is 3.20. The Bertz CT molecular complexity index is 692. The maximum absolute atomic E-state index is 12.4. The highest BCUT2D eigenvalue weighted by Gasteiger charge is 2.43. The lowest BCUT2D eigenvalue weighted by molar-refractivity contribution is -0.143. The number of hydrogen-bond acceptors (Lipinski definition) is 4. The predicted octanol–water partition coefficient (Wildman–Crippen LogP) is 1.64. The molecule has 1 saturated heterocycles. The van der Waals surface area contributed by atoms with Crippen LogP contribution in [0.4, 0.5) is 4.79 Å². The van der Waals surface area contributed by atoms with Crippen molar-refractivity contribution in [2.24, 2.45) is 7.05 Å². The van der Waals surface area contributed by atoms with Crippen molar-refractivity contribution in [2.75, 3.05) is 13.1 Å². The normalized spacial score (nSPS) is 18.5. The van der Waals surface area contributed by atoms with Gasteiger partial charge in [-0.05, 0) is 38.2 Å². The van der Waals surface area contributed by atoms with E-state index in [9.17, 15) is 14.4 Å². The van der Waals surface area contributed by atoms with Crippen molar-refractivity contribution < 1.29 is 14.4 Å². The predicted molar refractivity (Wildman–Crippen MR) is 86.9 cm³/mol. The van der Waals surface area contributed by atoms with Gasteiger partial charge < -0.3 is 0 Å². The third-order valence-electron chi connectivity index (χ3n) is 4.69. The molecule has 0 aromatic carbocycles. The highest BCUT2D eigenvalue weighted by atomic mass is 16.2. The van der Waals surface area contributed by atoms with Gasteiger partial charge in [-0.15, -0.1) is 0 Å². The van der Waals surface area contributed by atoms with Gasteiger partial charge in [-0.25, -0.2) is 4.79 Å². The molecule has 1 aliphatic carbocycles. The molecule has 0 atom stereocenters. The second-order valence-electron chi connectivity index (χ2n) is 6.25. The van der Waals surface area contributed by atoms with Crippen molar-refractivity contribution in [3.05, 3.63) is 29.6 Å². The van der Waals surface area contributed by atoms with E-state index in [2.05, 4.69) is 11.2 Å². The summed E-state index contributed by atoms with van der Waals surface area (Å²) in [6.45, 7) is 0.486. The number of allylic oxidation sites excluding steroid dienone is 1. The molecule has 1 aromatic rings. The van der Waals surface area contributed by atoms with Crippen molar-refractivity contribution >= 4 is 17.8 Å². The summed E-state index contributed by atoms with van der Waals surface area (Å²) in [5, 5.41) is 4.06. The van der Waals surface area contributed by atoms with Crippen molar-refractivity contribution in [1.29, 1.82) is 0 Å². The van der Waals surface area contributed by atoms with Crippen LogP contribution in [0, 0.1) is 0 Å². The molecule has 24 heavy (non-hydrogen) atoms. The van der Waals surface area contributed by atoms with E-state index in [0.29, 0.717) is 12.8 Å². The monoisotopic (exact) mass is 330 g/mol. The number of nitrogens with zero attached hydrogens (tertiary/aromatic N) is 4. The Labute approximate surface area is 140 Å². The third kappa shape index (κ3) is 3.25. The molecule has 0 saturated carbocycles. The lowest BCUT2D eigenvalue weighted by atomic mass is 9.97. The molecule has 128 valence electrons. The maximum Gasteiger partial charge on any atom is 0.334 e. The second kappa shape index (κ2) is 6.98. The first-order chi connectivity index (χ1) is 11.6. The van der Waals surface area contributed by atoms with Gasteiger partial charge in [0.15, 0.2) is 0 Å². The van der Waals surface area contributed by atoms with Crippen LogP contribution in [0.2, 0.25) is 0 Å². The summed E-state index contributed by atoms with van der Waals surface area (Å²) in [7, 11) is 1.80. The van der Waals surface area contributed by atoms with Crippen LogP contribution in [0.15, 0.2) is 23.9 Å². The Hall–Kier alpha value is -2.44. The lowest BCUT2D eigenvalue weighted by Crippen LogP contribution is -2.35. The Morgan fingerprint density at radius 1 is 1.04 bits per heavy atom. The van der Waals surface area contributed by atoms with Crippen LogP contribution in [0.25, 0.3) is 0 Å². The number of hydrogen-bond donors (Lipinski definition) is 0. The Morgan fingerprint density at radius 3 is 2.33 bits per heavy atom. The van der Waals surface area contributed by atoms with Gasteiger partial charge in [0.1, 0.15) is 0 Å². The van der Waals surface area contributed by atoms with Crippen molar-refractivity contribution in [1.82, 2.24) is 19.6 Å². The first-order valence-corrected chi connectivity index (χ1v) is 8.40. The van der Waals surface area contributed by atoms with Crippen LogP contribution in [0.3, 0.4) is 0 Å². The molecule has 0 radical (unpaired) electrons. The summed E-state index contributed by atoms with van der Waals surface area (Å²) in [5.41, 5.74) is 2.19. The fraction of sp³-hybridized carbons (Fsp3) is 0.529. The zero-order chi connectivity index (χ0) is 17.1. The maximum atomic E-state index is 12.4. The zero-order valence-corrected chi connectivity index (χ0v) is 13.9. The number of urea groups is 1. The van der Waals surface area contributed by atoms with Gasteiger partial charge in [0.25, 0.3) is 0 Å². The van der Waals surface area contributed by atoms with Gasteiger partial charge in [-0.1, -0.05) is 11.6 Å². The van der Waals surface area contributed by atoms with Crippen LogP contribution in [-0.2, 0) is 23.1 Å². The van der Waals surface area contributed by atoms with Crippen molar-refractivity contribution in [2.45, 2.75) is 38.5 Å². The first-order valence-electron chi connectivity index (χ1n) is 8.40. The zero-order valence-electron chi connectivity index (χ0n) is 13.9. The van der Waals surface area contributed by atoms with Gasteiger partial charge in [0.2, 0.25) is 0 Å². The molecule has 3 rings (SSSR count). The molecule has 1 aromatic heterocycles. The SMILES string of the molecule is Cn1nccc1CCN1C(=O)C(=O)N(CCC2=CCCCC2)C1=O. The Balaban J connectivity index is 1.60. The third-order valence-corrected chi connectivity index (χ3v) is 4.69. The molecule has 7 heteroatoms. The minimum Gasteiger partial charge on any atom is -0.273 e. The summed E-state index contributed by atoms with van der Waals surface area (Å²) >= 11 is 0. The highest BCUT2D eigenvalue weighted by Crippen LogP contribution is 2.22. The van der Waals surface area contributed by atoms with Gasteiger partial charge >= 0.3 is 17.8 Å². The number of rotatable bonds is 6. The van der Waals surface area contributed by atoms with E-state index in [1.165, 1.54) is 12.0 Å². The van der Waals surface area contributed by atoms with Gasteiger partial charge in [-0.2, -0.15) is 5.10 Å². The summed E-state index contributed by atoms with van der Waals surface area (Å²) in [6, 6.07) is 1.34. The average molecular weight is 330 g/mol. The number of imide groups is 2. The Morgan fingerprint density at radius 2 is 1.75 bits per heavy atom. The molecule has 7 nitrogen and oxygen atoms in total. The topological polar surface area (TPSA) is 75.5 Å². The van der Waals surface area contributed by atoms with Gasteiger partial charge in [0, 0.05) is 38.4 Å². The molecule has 0 N–H and O–H groups in total. The average Bonchev–Trinajstić information content (AvgIpc) is 3.08. The van der Waals surface area contributed by atoms with Crippen LogP contribution < -0.4 is 0 Å². The summed E-state index contributed by atoms with van der Waals surface area (Å²) in [5.74, 6) is -1.43. The lowest BCUT2D eigenvalue weighted by Gasteiger charge is -2.17. The molecule has 0 unspecified atom stereocenters. The quantitative estimate of drug-likeness (QED) is 0.451. The molecule has 1 aliphatic heterocycles. The van der Waals surface area contributed by atoms with Crippen molar-refractivity contribution in [3.63, 3.8) is 0 Å². The molecular weight excluding hydrogens is 308 g/mol. The number of amides is 4. The van der Waals surface area contributed by atoms with Crippen molar-refractivity contribution in [3.8, 4) is 0 Å². The number of carbonyl (C=O) groups excluding carboxylic acids is 3. The van der Waals surface area contributed by atoms with E-state index in [-0.39, 0.29) is 13.1 Å². The van der Waals surface area contributed by atoms with E-state index >= 15 is 0 Å². The largest absolute Gasteiger partial charge is 0.334 e. The molecule has 0 spiro atoms. The minimum absolute atomic E-state index is 0.197. The number of aryl methyl sites for hydroxylation is 1. The summed E-state index contributed by atoms with van der Waals surface area (Å²) in [6.07, 6.45) is 9.45. The van der Waals surface area contributed by atoms with E-state index in [1.54, 1.807) is 17.9 Å². The fourth-order valence-corrected chi connectivity index (χ4v) is 3.20. The first kappa shape index (κ1) is 16.4. The Kier molecular flexibility index (Phi) is 4.78. The number of carbonyl (C=O) groups is 3. The van der Waals surface area contributed by atoms with Gasteiger partial charge in [0.05, 0.1) is 0 Å². The summed E-state index contributed by atoms with van der Waals surface area (Å²) < 4.78 is 1.69. The highest BCUT2D eigenvalue weighted by molar-refractivity contribution is 6.44. The molecule has 4 amide bonds. The molecule has 2 heterocycles. The second-order valence-corrected chi connectivity index (χ2v) is 6.25. The van der Waals surface area contributed by atoms with Crippen LogP contribution in [-0.4, -0.2) is 50.5 Å². The van der Waals surface area contributed by atoms with Crippen LogP contribution in [0.1, 0.15) is 37.8 Å². The van der Waals surface area contributed by atoms with Gasteiger partial charge in [-0.3, -0.25) is 24.1 Å². The standard InChI is InChI=1S/C17H22N4O3/c1-19-14(7-10-18-19)9-12-21-16(23)15(22)20(17(21)24)11-8-13-5-3-2-4-6-13/h5,7,10H,2-4,6,8-9,11-12H2,1H3. The smallest absolute Gasteiger partial charge is 0.273 e. The van der Waals surface area contributed by atoms with E-state index in [4.69, 9.17) is 0 Å². The molecule has 1 fully saturated rings. The summed E-state index contributed by atoms with van der Waals surface area (Å²) in [4.78, 5) is 38.7. The van der Waals surface area contributed by atoms with Crippen LogP contribution >= 0.6 is 0 Å².